The van der Waals surface area contributed by atoms with Crippen molar-refractivity contribution in [1.82, 2.24) is 25.3 Å². The van der Waals surface area contributed by atoms with Crippen LogP contribution >= 0.6 is 0 Å². The van der Waals surface area contributed by atoms with E-state index in [4.69, 9.17) is 0 Å². The molecule has 0 amide bonds. The van der Waals surface area contributed by atoms with Gasteiger partial charge >= 0.3 is 0 Å². The van der Waals surface area contributed by atoms with Crippen LogP contribution in [0.15, 0.2) is 24.5 Å². The molecule has 0 saturated heterocycles. The third-order valence-electron chi connectivity index (χ3n) is 2.36. The molecule has 0 bridgehead atoms. The van der Waals surface area contributed by atoms with Gasteiger partial charge in [-0.05, 0) is 19.1 Å². The van der Waals surface area contributed by atoms with Crippen molar-refractivity contribution >= 4 is 0 Å². The van der Waals surface area contributed by atoms with Crippen LogP contribution in [0, 0.1) is 6.92 Å². The molecule has 0 aliphatic rings. The van der Waals surface area contributed by atoms with E-state index in [0.717, 1.165) is 17.9 Å². The first kappa shape index (κ1) is 12.6. The predicted octanol–water partition coefficient (Wildman–Crippen LogP) is 1.74. The molecular formula is C13H17N5. The van der Waals surface area contributed by atoms with Gasteiger partial charge in [0.2, 0.25) is 0 Å². The van der Waals surface area contributed by atoms with Gasteiger partial charge in [-0.2, -0.15) is 0 Å². The summed E-state index contributed by atoms with van der Waals surface area (Å²) in [6, 6.07) is 4.18. The molecule has 0 aromatic carbocycles. The fraction of sp³-hybridized carbons (Fsp3) is 0.385. The minimum Gasteiger partial charge on any atom is -0.309 e. The number of aromatic nitrogens is 4. The standard InChI is InChI=1S/C13H17N5/c1-9(2)16-8-11-7-10(3)17-13(18-11)12-14-5-4-6-15-12/h4-7,9,16H,8H2,1-3H3. The van der Waals surface area contributed by atoms with Gasteiger partial charge in [0.25, 0.3) is 0 Å². The smallest absolute Gasteiger partial charge is 0.198 e. The SMILES string of the molecule is Cc1cc(CNC(C)C)nc(-c2ncccn2)n1. The van der Waals surface area contributed by atoms with Crippen LogP contribution in [-0.4, -0.2) is 26.0 Å². The molecule has 5 heteroatoms. The van der Waals surface area contributed by atoms with Crippen molar-refractivity contribution in [3.05, 3.63) is 35.9 Å². The Morgan fingerprint density at radius 2 is 1.83 bits per heavy atom. The average Bonchev–Trinajstić information content (AvgIpc) is 2.37. The van der Waals surface area contributed by atoms with Crippen molar-refractivity contribution < 1.29 is 0 Å². The highest BCUT2D eigenvalue weighted by atomic mass is 15.0. The van der Waals surface area contributed by atoms with Crippen LogP contribution in [0.1, 0.15) is 25.2 Å². The van der Waals surface area contributed by atoms with Gasteiger partial charge in [-0.25, -0.2) is 19.9 Å². The Labute approximate surface area is 107 Å². The second-order valence-corrected chi connectivity index (χ2v) is 4.43. The number of nitrogens with zero attached hydrogens (tertiary/aromatic N) is 4. The maximum Gasteiger partial charge on any atom is 0.198 e. The van der Waals surface area contributed by atoms with E-state index in [-0.39, 0.29) is 0 Å². The molecule has 2 aromatic rings. The van der Waals surface area contributed by atoms with E-state index in [1.54, 1.807) is 18.5 Å². The Kier molecular flexibility index (Phi) is 3.94. The molecule has 2 aromatic heterocycles. The lowest BCUT2D eigenvalue weighted by Crippen LogP contribution is -2.22. The first-order chi connectivity index (χ1) is 8.65. The lowest BCUT2D eigenvalue weighted by Gasteiger charge is -2.09. The number of rotatable bonds is 4. The van der Waals surface area contributed by atoms with E-state index < -0.39 is 0 Å². The molecule has 0 unspecified atom stereocenters. The third kappa shape index (κ3) is 3.30. The van der Waals surface area contributed by atoms with Gasteiger partial charge in [0, 0.05) is 30.7 Å². The minimum atomic E-state index is 0.427. The molecule has 2 rings (SSSR count). The van der Waals surface area contributed by atoms with Gasteiger partial charge in [-0.15, -0.1) is 0 Å². The molecule has 0 spiro atoms. The lowest BCUT2D eigenvalue weighted by molar-refractivity contribution is 0.580. The van der Waals surface area contributed by atoms with Crippen LogP contribution in [0.2, 0.25) is 0 Å². The molecule has 0 aliphatic carbocycles. The highest BCUT2D eigenvalue weighted by molar-refractivity contribution is 5.42. The van der Waals surface area contributed by atoms with Crippen LogP contribution in [0.3, 0.4) is 0 Å². The van der Waals surface area contributed by atoms with E-state index in [1.165, 1.54) is 0 Å². The quantitative estimate of drug-likeness (QED) is 0.886. The fourth-order valence-electron chi connectivity index (χ4n) is 1.55. The predicted molar refractivity (Wildman–Crippen MR) is 69.8 cm³/mol. The Hall–Kier alpha value is -1.88. The van der Waals surface area contributed by atoms with Crippen LogP contribution < -0.4 is 5.32 Å². The fourth-order valence-corrected chi connectivity index (χ4v) is 1.55. The summed E-state index contributed by atoms with van der Waals surface area (Å²) < 4.78 is 0. The molecule has 94 valence electrons. The Balaban J connectivity index is 2.27. The summed E-state index contributed by atoms with van der Waals surface area (Å²) in [6.45, 7) is 6.89. The normalized spacial score (nSPS) is 10.9. The van der Waals surface area contributed by atoms with Crippen LogP contribution in [-0.2, 0) is 6.54 Å². The van der Waals surface area contributed by atoms with Crippen molar-refractivity contribution in [3.8, 4) is 11.6 Å². The van der Waals surface area contributed by atoms with Gasteiger partial charge in [0.05, 0.1) is 5.69 Å². The van der Waals surface area contributed by atoms with Gasteiger partial charge in [0.15, 0.2) is 11.6 Å². The second kappa shape index (κ2) is 5.64. The van der Waals surface area contributed by atoms with E-state index in [9.17, 15) is 0 Å². The van der Waals surface area contributed by atoms with E-state index in [1.807, 2.05) is 13.0 Å². The molecule has 2 heterocycles. The average molecular weight is 243 g/mol. The van der Waals surface area contributed by atoms with Crippen molar-refractivity contribution in [1.29, 1.82) is 0 Å². The number of hydrogen-bond donors (Lipinski definition) is 1. The molecule has 0 aliphatic heterocycles. The molecule has 0 saturated carbocycles. The second-order valence-electron chi connectivity index (χ2n) is 4.43. The zero-order chi connectivity index (χ0) is 13.0. The zero-order valence-corrected chi connectivity index (χ0v) is 10.9. The van der Waals surface area contributed by atoms with E-state index in [2.05, 4.69) is 39.1 Å². The number of hydrogen-bond acceptors (Lipinski definition) is 5. The monoisotopic (exact) mass is 243 g/mol. The number of nitrogens with one attached hydrogen (secondary N) is 1. The lowest BCUT2D eigenvalue weighted by atomic mass is 10.3. The summed E-state index contributed by atoms with van der Waals surface area (Å²) >= 11 is 0. The maximum absolute atomic E-state index is 4.48. The first-order valence-electron chi connectivity index (χ1n) is 6.00. The largest absolute Gasteiger partial charge is 0.309 e. The highest BCUT2D eigenvalue weighted by Gasteiger charge is 2.07. The van der Waals surface area contributed by atoms with Crippen molar-refractivity contribution in [2.45, 2.75) is 33.4 Å². The van der Waals surface area contributed by atoms with Gasteiger partial charge in [0.1, 0.15) is 0 Å². The van der Waals surface area contributed by atoms with Crippen molar-refractivity contribution in [2.75, 3.05) is 0 Å². The molecule has 1 N–H and O–H groups in total. The highest BCUT2D eigenvalue weighted by Crippen LogP contribution is 2.10. The first-order valence-corrected chi connectivity index (χ1v) is 6.00. The van der Waals surface area contributed by atoms with Gasteiger partial charge in [-0.1, -0.05) is 13.8 Å². The molecule has 18 heavy (non-hydrogen) atoms. The summed E-state index contributed by atoms with van der Waals surface area (Å²) in [4.78, 5) is 17.2. The molecule has 5 nitrogen and oxygen atoms in total. The molecular weight excluding hydrogens is 226 g/mol. The topological polar surface area (TPSA) is 63.6 Å². The summed E-state index contributed by atoms with van der Waals surface area (Å²) in [5.41, 5.74) is 1.88. The summed E-state index contributed by atoms with van der Waals surface area (Å²) in [6.07, 6.45) is 3.39. The Morgan fingerprint density at radius 1 is 1.11 bits per heavy atom. The Morgan fingerprint density at radius 3 is 2.50 bits per heavy atom. The van der Waals surface area contributed by atoms with Gasteiger partial charge in [-0.3, -0.25) is 0 Å². The minimum absolute atomic E-state index is 0.427. The third-order valence-corrected chi connectivity index (χ3v) is 2.36. The Bertz CT molecular complexity index is 510. The van der Waals surface area contributed by atoms with Crippen molar-refractivity contribution in [3.63, 3.8) is 0 Å². The van der Waals surface area contributed by atoms with E-state index in [0.29, 0.717) is 17.7 Å². The van der Waals surface area contributed by atoms with Crippen LogP contribution in [0.25, 0.3) is 11.6 Å². The summed E-state index contributed by atoms with van der Waals surface area (Å²) in [7, 11) is 0. The van der Waals surface area contributed by atoms with Crippen LogP contribution in [0.4, 0.5) is 0 Å². The number of aryl methyl sites for hydroxylation is 1. The molecule has 0 radical (unpaired) electrons. The maximum atomic E-state index is 4.48. The van der Waals surface area contributed by atoms with Gasteiger partial charge < -0.3 is 5.32 Å². The van der Waals surface area contributed by atoms with Crippen LogP contribution in [0.5, 0.6) is 0 Å². The summed E-state index contributed by atoms with van der Waals surface area (Å²) in [5.74, 6) is 1.14. The van der Waals surface area contributed by atoms with Crippen molar-refractivity contribution in [2.24, 2.45) is 0 Å². The molecule has 0 atom stereocenters. The zero-order valence-electron chi connectivity index (χ0n) is 10.9. The molecule has 0 fully saturated rings. The summed E-state index contributed by atoms with van der Waals surface area (Å²) in [5, 5.41) is 3.34. The van der Waals surface area contributed by atoms with E-state index >= 15 is 0 Å².